The number of ether oxygens (including phenoxy) is 1. The molecule has 2 atom stereocenters. The molecule has 0 aliphatic carbocycles. The molecule has 0 bridgehead atoms. The Balaban J connectivity index is 2.26. The summed E-state index contributed by atoms with van der Waals surface area (Å²) in [7, 11) is 0. The summed E-state index contributed by atoms with van der Waals surface area (Å²) in [6.07, 6.45) is 0.487. The van der Waals surface area contributed by atoms with E-state index in [1.54, 1.807) is 12.1 Å². The predicted molar refractivity (Wildman–Crippen MR) is 69.3 cm³/mol. The van der Waals surface area contributed by atoms with Crippen LogP contribution in [0.15, 0.2) is 18.2 Å². The van der Waals surface area contributed by atoms with Crippen molar-refractivity contribution < 1.29 is 14.3 Å². The van der Waals surface area contributed by atoms with E-state index >= 15 is 0 Å². The molecule has 1 aliphatic heterocycles. The van der Waals surface area contributed by atoms with Crippen molar-refractivity contribution in [3.8, 4) is 0 Å². The van der Waals surface area contributed by atoms with Gasteiger partial charge < -0.3 is 10.5 Å². The molecule has 1 heterocycles. The van der Waals surface area contributed by atoms with Crippen LogP contribution in [0.25, 0.3) is 0 Å². The molecular weight excluding hydrogens is 244 g/mol. The first kappa shape index (κ1) is 13.7. The zero-order valence-corrected chi connectivity index (χ0v) is 10.8. The van der Waals surface area contributed by atoms with E-state index in [9.17, 15) is 9.59 Å². The van der Waals surface area contributed by atoms with E-state index < -0.39 is 18.0 Å². The van der Waals surface area contributed by atoms with E-state index in [1.165, 1.54) is 0 Å². The number of hydrogen-bond donors (Lipinski definition) is 2. The maximum Gasteiger partial charge on any atom is 0.234 e. The minimum Gasteiger partial charge on any atom is -0.374 e. The van der Waals surface area contributed by atoms with Gasteiger partial charge in [-0.3, -0.25) is 14.9 Å². The van der Waals surface area contributed by atoms with Gasteiger partial charge in [-0.25, -0.2) is 0 Å². The molecule has 0 spiro atoms. The normalized spacial score (nSPS) is 21.7. The highest BCUT2D eigenvalue weighted by Crippen LogP contribution is 2.25. The molecule has 1 radical (unpaired) electrons. The SMILES string of the molecule is CCOCC(=O)C1NC(C(N)=O)Cc2c[c]ccc21. The summed E-state index contributed by atoms with van der Waals surface area (Å²) in [5.41, 5.74) is 7.14. The summed E-state index contributed by atoms with van der Waals surface area (Å²) < 4.78 is 5.15. The number of fused-ring (bicyclic) bond motifs is 1. The highest BCUT2D eigenvalue weighted by molar-refractivity contribution is 5.89. The highest BCUT2D eigenvalue weighted by atomic mass is 16.5. The van der Waals surface area contributed by atoms with Crippen molar-refractivity contribution in [1.82, 2.24) is 5.32 Å². The first-order valence-corrected chi connectivity index (χ1v) is 6.28. The van der Waals surface area contributed by atoms with E-state index in [1.807, 2.05) is 13.0 Å². The molecule has 1 aliphatic rings. The number of primary amides is 1. The number of ketones is 1. The summed E-state index contributed by atoms with van der Waals surface area (Å²) in [6, 6.07) is 7.29. The molecule has 1 amide bonds. The van der Waals surface area contributed by atoms with Crippen molar-refractivity contribution in [3.05, 3.63) is 35.4 Å². The number of nitrogens with two attached hydrogens (primary N) is 1. The molecule has 0 fully saturated rings. The van der Waals surface area contributed by atoms with Gasteiger partial charge in [0.05, 0.1) is 12.1 Å². The van der Waals surface area contributed by atoms with Gasteiger partial charge >= 0.3 is 0 Å². The third kappa shape index (κ3) is 3.00. The molecule has 1 aromatic carbocycles. The van der Waals surface area contributed by atoms with E-state index in [4.69, 9.17) is 10.5 Å². The second-order valence-electron chi connectivity index (χ2n) is 4.49. The van der Waals surface area contributed by atoms with E-state index in [0.717, 1.165) is 11.1 Å². The third-order valence-electron chi connectivity index (χ3n) is 3.20. The Morgan fingerprint density at radius 2 is 2.37 bits per heavy atom. The molecule has 3 N–H and O–H groups in total. The number of hydrogen-bond acceptors (Lipinski definition) is 4. The van der Waals surface area contributed by atoms with Crippen molar-refractivity contribution >= 4 is 11.7 Å². The lowest BCUT2D eigenvalue weighted by Gasteiger charge is -2.30. The smallest absolute Gasteiger partial charge is 0.234 e. The molecule has 5 nitrogen and oxygen atoms in total. The highest BCUT2D eigenvalue weighted by Gasteiger charge is 2.32. The summed E-state index contributed by atoms with van der Waals surface area (Å²) in [4.78, 5) is 23.5. The molecular formula is C14H17N2O3. The lowest BCUT2D eigenvalue weighted by atomic mass is 9.88. The Labute approximate surface area is 112 Å². The Morgan fingerprint density at radius 1 is 1.58 bits per heavy atom. The third-order valence-corrected chi connectivity index (χ3v) is 3.20. The van der Waals surface area contributed by atoms with Gasteiger partial charge in [-0.2, -0.15) is 0 Å². The zero-order chi connectivity index (χ0) is 13.8. The van der Waals surface area contributed by atoms with Gasteiger partial charge in [-0.15, -0.1) is 0 Å². The summed E-state index contributed by atoms with van der Waals surface area (Å²) in [6.45, 7) is 2.33. The van der Waals surface area contributed by atoms with Gasteiger partial charge in [0.15, 0.2) is 5.78 Å². The number of carbonyl (C=O) groups excluding carboxylic acids is 2. The fourth-order valence-electron chi connectivity index (χ4n) is 2.24. The van der Waals surface area contributed by atoms with E-state index in [-0.39, 0.29) is 12.4 Å². The second kappa shape index (κ2) is 5.95. The Bertz CT molecular complexity index is 487. The van der Waals surface area contributed by atoms with Gasteiger partial charge in [0.1, 0.15) is 6.61 Å². The Kier molecular flexibility index (Phi) is 4.29. The van der Waals surface area contributed by atoms with E-state index in [2.05, 4.69) is 11.4 Å². The van der Waals surface area contributed by atoms with Crippen molar-refractivity contribution in [1.29, 1.82) is 0 Å². The molecule has 19 heavy (non-hydrogen) atoms. The van der Waals surface area contributed by atoms with Gasteiger partial charge in [0, 0.05) is 6.61 Å². The molecule has 101 valence electrons. The Hall–Kier alpha value is -1.72. The topological polar surface area (TPSA) is 81.4 Å². The van der Waals surface area contributed by atoms with Crippen LogP contribution in [-0.2, 0) is 20.7 Å². The monoisotopic (exact) mass is 261 g/mol. The fourth-order valence-corrected chi connectivity index (χ4v) is 2.24. The van der Waals surface area contributed by atoms with Crippen molar-refractivity contribution in [2.45, 2.75) is 25.4 Å². The van der Waals surface area contributed by atoms with Gasteiger partial charge in [0.25, 0.3) is 0 Å². The van der Waals surface area contributed by atoms with Crippen LogP contribution >= 0.6 is 0 Å². The van der Waals surface area contributed by atoms with Crippen LogP contribution in [0.1, 0.15) is 24.1 Å². The van der Waals surface area contributed by atoms with Crippen LogP contribution < -0.4 is 11.1 Å². The molecule has 0 aromatic heterocycles. The molecule has 5 heteroatoms. The number of nitrogens with one attached hydrogen (secondary N) is 1. The number of rotatable bonds is 5. The largest absolute Gasteiger partial charge is 0.374 e. The minimum absolute atomic E-state index is 0.0255. The maximum atomic E-state index is 12.1. The van der Waals surface area contributed by atoms with Crippen molar-refractivity contribution in [2.24, 2.45) is 5.73 Å². The van der Waals surface area contributed by atoms with Crippen LogP contribution in [0.5, 0.6) is 0 Å². The van der Waals surface area contributed by atoms with Gasteiger partial charge in [-0.1, -0.05) is 18.2 Å². The molecule has 2 unspecified atom stereocenters. The fraction of sp³-hybridized carbons (Fsp3) is 0.429. The lowest BCUT2D eigenvalue weighted by Crippen LogP contribution is -2.50. The van der Waals surface area contributed by atoms with Crippen LogP contribution in [-0.4, -0.2) is 30.9 Å². The van der Waals surface area contributed by atoms with Crippen molar-refractivity contribution in [2.75, 3.05) is 13.2 Å². The first-order valence-electron chi connectivity index (χ1n) is 6.28. The number of Topliss-reactive ketones (excluding diaryl/α,β-unsaturated/α-hetero) is 1. The number of carbonyl (C=O) groups is 2. The van der Waals surface area contributed by atoms with Crippen LogP contribution in [0.2, 0.25) is 0 Å². The predicted octanol–water partition coefficient (Wildman–Crippen LogP) is 0.133. The molecule has 0 saturated carbocycles. The van der Waals surface area contributed by atoms with Gasteiger partial charge in [0.2, 0.25) is 5.91 Å². The van der Waals surface area contributed by atoms with Crippen LogP contribution in [0.4, 0.5) is 0 Å². The lowest BCUT2D eigenvalue weighted by molar-refractivity contribution is -0.127. The Morgan fingerprint density at radius 3 is 3.05 bits per heavy atom. The second-order valence-corrected chi connectivity index (χ2v) is 4.49. The number of amides is 1. The maximum absolute atomic E-state index is 12.1. The van der Waals surface area contributed by atoms with Crippen molar-refractivity contribution in [3.63, 3.8) is 0 Å². The van der Waals surface area contributed by atoms with Crippen LogP contribution in [0.3, 0.4) is 0 Å². The minimum atomic E-state index is -0.539. The van der Waals surface area contributed by atoms with Gasteiger partial charge in [-0.05, 0) is 30.5 Å². The quantitative estimate of drug-likeness (QED) is 0.789. The summed E-state index contributed by atoms with van der Waals surface area (Å²) in [5, 5.41) is 3.00. The average Bonchev–Trinajstić information content (AvgIpc) is 2.43. The average molecular weight is 261 g/mol. The van der Waals surface area contributed by atoms with E-state index in [0.29, 0.717) is 13.0 Å². The standard InChI is InChI=1S/C14H17N2O3/c1-2-19-8-12(17)13-10-6-4-3-5-9(10)7-11(16-13)14(15)18/h4-6,11,13,16H,2,7-8H2,1H3,(H2,15,18). The first-order chi connectivity index (χ1) is 9.13. The number of benzene rings is 1. The zero-order valence-electron chi connectivity index (χ0n) is 10.8. The summed E-state index contributed by atoms with van der Waals surface area (Å²) >= 11 is 0. The molecule has 1 aromatic rings. The molecule has 0 saturated heterocycles. The molecule has 2 rings (SSSR count). The summed E-state index contributed by atoms with van der Waals surface area (Å²) in [5.74, 6) is -0.552. The van der Waals surface area contributed by atoms with Crippen LogP contribution in [0, 0.1) is 6.07 Å².